The molecule has 0 radical (unpaired) electrons. The van der Waals surface area contributed by atoms with Gasteiger partial charge in [0.15, 0.2) is 5.75 Å². The van der Waals surface area contributed by atoms with Gasteiger partial charge in [-0.15, -0.1) is 0 Å². The van der Waals surface area contributed by atoms with E-state index in [1.165, 1.54) is 0 Å². The van der Waals surface area contributed by atoms with Crippen LogP contribution in [0, 0.1) is 0 Å². The van der Waals surface area contributed by atoms with Gasteiger partial charge in [-0.1, -0.05) is 29.8 Å². The Morgan fingerprint density at radius 3 is 2.67 bits per heavy atom. The second-order valence-corrected chi connectivity index (χ2v) is 6.22. The number of benzene rings is 2. The predicted molar refractivity (Wildman–Crippen MR) is 105 cm³/mol. The van der Waals surface area contributed by atoms with Crippen LogP contribution < -0.4 is 10.1 Å². The van der Waals surface area contributed by atoms with Crippen LogP contribution in [-0.4, -0.2) is 36.0 Å². The van der Waals surface area contributed by atoms with Gasteiger partial charge in [-0.2, -0.15) is 5.10 Å². The number of carbonyl (C=O) groups is 1. The van der Waals surface area contributed by atoms with E-state index >= 15 is 0 Å². The summed E-state index contributed by atoms with van der Waals surface area (Å²) in [5, 5.41) is 7.46. The summed E-state index contributed by atoms with van der Waals surface area (Å²) in [5.74, 6) is 0.194. The van der Waals surface area contributed by atoms with Crippen LogP contribution in [0.3, 0.4) is 0 Å². The standard InChI is InChI=1S/C20H20ClN3O3/c1-26-12-13-27-19-17(21)4-2-5-18(19)23-20(25)16-8-6-15(7-9-16)14-24-11-3-10-22-24/h2-11H,12-14H2,1H3,(H,23,25). The molecule has 0 atom stereocenters. The molecule has 1 N–H and O–H groups in total. The topological polar surface area (TPSA) is 65.4 Å². The number of ether oxygens (including phenoxy) is 2. The zero-order valence-electron chi connectivity index (χ0n) is 14.9. The van der Waals surface area contributed by atoms with E-state index in [-0.39, 0.29) is 5.91 Å². The maximum absolute atomic E-state index is 12.6. The molecular weight excluding hydrogens is 366 g/mol. The molecule has 7 heteroatoms. The molecule has 6 nitrogen and oxygen atoms in total. The number of amides is 1. The molecule has 0 aliphatic carbocycles. The van der Waals surface area contributed by atoms with Gasteiger partial charge in [-0.25, -0.2) is 0 Å². The summed E-state index contributed by atoms with van der Waals surface area (Å²) in [6.07, 6.45) is 3.63. The zero-order chi connectivity index (χ0) is 19.1. The number of anilines is 1. The molecule has 0 fully saturated rings. The first-order chi connectivity index (χ1) is 13.2. The highest BCUT2D eigenvalue weighted by Crippen LogP contribution is 2.33. The van der Waals surface area contributed by atoms with Gasteiger partial charge in [0.25, 0.3) is 5.91 Å². The third-order valence-electron chi connectivity index (χ3n) is 3.87. The fourth-order valence-electron chi connectivity index (χ4n) is 2.52. The van der Waals surface area contributed by atoms with Crippen molar-refractivity contribution in [2.75, 3.05) is 25.6 Å². The van der Waals surface area contributed by atoms with E-state index < -0.39 is 0 Å². The molecule has 3 aromatic rings. The lowest BCUT2D eigenvalue weighted by Gasteiger charge is -2.14. The molecule has 0 unspecified atom stereocenters. The predicted octanol–water partition coefficient (Wildman–Crippen LogP) is 3.86. The molecule has 0 saturated carbocycles. The number of para-hydroxylation sites is 1. The fourth-order valence-corrected chi connectivity index (χ4v) is 2.75. The van der Waals surface area contributed by atoms with Gasteiger partial charge in [0, 0.05) is 25.1 Å². The highest BCUT2D eigenvalue weighted by molar-refractivity contribution is 6.32. The number of nitrogens with zero attached hydrogens (tertiary/aromatic N) is 2. The minimum absolute atomic E-state index is 0.237. The third-order valence-corrected chi connectivity index (χ3v) is 4.17. The van der Waals surface area contributed by atoms with Crippen molar-refractivity contribution in [2.45, 2.75) is 6.54 Å². The third kappa shape index (κ3) is 5.09. The summed E-state index contributed by atoms with van der Waals surface area (Å²) >= 11 is 6.20. The lowest BCUT2D eigenvalue weighted by atomic mass is 10.1. The first-order valence-corrected chi connectivity index (χ1v) is 8.83. The SMILES string of the molecule is COCCOc1c(Cl)cccc1NC(=O)c1ccc(Cn2cccn2)cc1. The summed E-state index contributed by atoms with van der Waals surface area (Å²) in [5.41, 5.74) is 2.12. The van der Waals surface area contributed by atoms with E-state index in [9.17, 15) is 4.79 Å². The number of halogens is 1. The molecule has 1 aromatic heterocycles. The second-order valence-electron chi connectivity index (χ2n) is 5.81. The van der Waals surface area contributed by atoms with Crippen LogP contribution in [0.2, 0.25) is 5.02 Å². The minimum atomic E-state index is -0.237. The van der Waals surface area contributed by atoms with Gasteiger partial charge in [0.2, 0.25) is 0 Å². The highest BCUT2D eigenvalue weighted by Gasteiger charge is 2.13. The Balaban J connectivity index is 1.69. The Morgan fingerprint density at radius 1 is 1.15 bits per heavy atom. The molecule has 140 valence electrons. The summed E-state index contributed by atoms with van der Waals surface area (Å²) < 4.78 is 12.4. The number of hydrogen-bond donors (Lipinski definition) is 1. The van der Waals surface area contributed by atoms with E-state index in [1.807, 2.05) is 29.1 Å². The first-order valence-electron chi connectivity index (χ1n) is 8.45. The summed E-state index contributed by atoms with van der Waals surface area (Å²) in [4.78, 5) is 12.6. The van der Waals surface area contributed by atoms with Gasteiger partial charge < -0.3 is 14.8 Å². The number of methoxy groups -OCH3 is 1. The van der Waals surface area contributed by atoms with Gasteiger partial charge in [-0.3, -0.25) is 9.48 Å². The Labute approximate surface area is 162 Å². The molecule has 1 amide bonds. The lowest BCUT2D eigenvalue weighted by molar-refractivity contribution is 0.102. The van der Waals surface area contributed by atoms with Crippen molar-refractivity contribution >= 4 is 23.2 Å². The summed E-state index contributed by atoms with van der Waals surface area (Å²) in [6, 6.07) is 14.5. The van der Waals surface area contributed by atoms with Crippen LogP contribution in [0.5, 0.6) is 5.75 Å². The van der Waals surface area contributed by atoms with Crippen molar-refractivity contribution in [1.82, 2.24) is 9.78 Å². The van der Waals surface area contributed by atoms with Crippen molar-refractivity contribution < 1.29 is 14.3 Å². The number of nitrogens with one attached hydrogen (secondary N) is 1. The van der Waals surface area contributed by atoms with Crippen LogP contribution in [0.15, 0.2) is 60.9 Å². The van der Waals surface area contributed by atoms with Crippen molar-refractivity contribution in [3.63, 3.8) is 0 Å². The average molecular weight is 386 g/mol. The number of aromatic nitrogens is 2. The molecule has 1 heterocycles. The molecule has 0 saturated heterocycles. The van der Waals surface area contributed by atoms with E-state index in [0.29, 0.717) is 41.8 Å². The van der Waals surface area contributed by atoms with Gasteiger partial charge in [-0.05, 0) is 35.9 Å². The Bertz CT molecular complexity index is 880. The molecule has 0 aliphatic rings. The maximum atomic E-state index is 12.6. The number of rotatable bonds is 8. The van der Waals surface area contributed by atoms with Crippen LogP contribution in [0.25, 0.3) is 0 Å². The van der Waals surface area contributed by atoms with Crippen molar-refractivity contribution in [3.8, 4) is 5.75 Å². The summed E-state index contributed by atoms with van der Waals surface area (Å²) in [7, 11) is 1.59. The Morgan fingerprint density at radius 2 is 1.96 bits per heavy atom. The quantitative estimate of drug-likeness (QED) is 0.598. The van der Waals surface area contributed by atoms with Crippen LogP contribution in [-0.2, 0) is 11.3 Å². The Kier molecular flexibility index (Phi) is 6.46. The fraction of sp³-hybridized carbons (Fsp3) is 0.200. The highest BCUT2D eigenvalue weighted by atomic mass is 35.5. The van der Waals surface area contributed by atoms with E-state index in [0.717, 1.165) is 5.56 Å². The van der Waals surface area contributed by atoms with Gasteiger partial charge in [0.1, 0.15) is 6.61 Å². The van der Waals surface area contributed by atoms with Gasteiger partial charge in [0.05, 0.1) is 23.9 Å². The molecule has 0 spiro atoms. The molecule has 27 heavy (non-hydrogen) atoms. The average Bonchev–Trinajstić information content (AvgIpc) is 3.17. The number of carbonyl (C=O) groups excluding carboxylic acids is 1. The molecule has 0 aliphatic heterocycles. The van der Waals surface area contributed by atoms with Crippen LogP contribution in [0.1, 0.15) is 15.9 Å². The van der Waals surface area contributed by atoms with E-state index in [1.54, 1.807) is 43.6 Å². The van der Waals surface area contributed by atoms with E-state index in [4.69, 9.17) is 21.1 Å². The maximum Gasteiger partial charge on any atom is 0.255 e. The van der Waals surface area contributed by atoms with Crippen molar-refractivity contribution in [3.05, 3.63) is 77.1 Å². The molecule has 2 aromatic carbocycles. The second kappa shape index (κ2) is 9.21. The lowest BCUT2D eigenvalue weighted by Crippen LogP contribution is -2.14. The molecule has 3 rings (SSSR count). The van der Waals surface area contributed by atoms with E-state index in [2.05, 4.69) is 10.4 Å². The normalized spacial score (nSPS) is 10.6. The van der Waals surface area contributed by atoms with Crippen LogP contribution in [0.4, 0.5) is 5.69 Å². The van der Waals surface area contributed by atoms with Crippen molar-refractivity contribution in [1.29, 1.82) is 0 Å². The van der Waals surface area contributed by atoms with Gasteiger partial charge >= 0.3 is 0 Å². The number of hydrogen-bond acceptors (Lipinski definition) is 4. The first kappa shape index (κ1) is 18.9. The molecule has 0 bridgehead atoms. The minimum Gasteiger partial charge on any atom is -0.487 e. The Hall–Kier alpha value is -2.83. The zero-order valence-corrected chi connectivity index (χ0v) is 15.6. The smallest absolute Gasteiger partial charge is 0.255 e. The van der Waals surface area contributed by atoms with Crippen LogP contribution >= 0.6 is 11.6 Å². The monoisotopic (exact) mass is 385 g/mol. The van der Waals surface area contributed by atoms with Crippen molar-refractivity contribution in [2.24, 2.45) is 0 Å². The molecular formula is C20H20ClN3O3. The largest absolute Gasteiger partial charge is 0.487 e. The summed E-state index contributed by atoms with van der Waals surface area (Å²) in [6.45, 7) is 1.42.